The highest BCUT2D eigenvalue weighted by molar-refractivity contribution is 7.86. The van der Waals surface area contributed by atoms with Gasteiger partial charge in [-0.05, 0) is 42.1 Å². The predicted octanol–water partition coefficient (Wildman–Crippen LogP) is 1.75. The average Bonchev–Trinajstić information content (AvgIpc) is 3.00. The van der Waals surface area contributed by atoms with Crippen LogP contribution in [0.4, 0.5) is 0 Å². The maximum Gasteiger partial charge on any atom is 0.264 e. The normalized spacial score (nSPS) is 33.0. The Hall–Kier alpha value is -0.960. The molecule has 1 aromatic rings. The van der Waals surface area contributed by atoms with Crippen LogP contribution in [-0.4, -0.2) is 42.1 Å². The summed E-state index contributed by atoms with van der Waals surface area (Å²) < 4.78 is 56.1. The van der Waals surface area contributed by atoms with Crippen molar-refractivity contribution in [3.05, 3.63) is 35.9 Å². The smallest absolute Gasteiger partial charge is 0.264 e. The molecule has 24 heavy (non-hydrogen) atoms. The zero-order chi connectivity index (χ0) is 17.5. The van der Waals surface area contributed by atoms with Crippen LogP contribution in [0.5, 0.6) is 0 Å². The molecule has 2 aliphatic rings. The summed E-state index contributed by atoms with van der Waals surface area (Å²) in [7, 11) is -7.08. The summed E-state index contributed by atoms with van der Waals surface area (Å²) in [5, 5.41) is 0. The second-order valence-electron chi connectivity index (χ2n) is 6.82. The molecule has 0 amide bonds. The van der Waals surface area contributed by atoms with Gasteiger partial charge in [0.25, 0.3) is 20.2 Å². The van der Waals surface area contributed by atoms with Crippen LogP contribution in [0.15, 0.2) is 30.3 Å². The Labute approximate surface area is 143 Å². The van der Waals surface area contributed by atoms with E-state index in [0.717, 1.165) is 24.5 Å². The lowest BCUT2D eigenvalue weighted by Crippen LogP contribution is -2.36. The van der Waals surface area contributed by atoms with Crippen LogP contribution >= 0.6 is 0 Å². The van der Waals surface area contributed by atoms with Gasteiger partial charge in [-0.15, -0.1) is 0 Å². The van der Waals surface area contributed by atoms with Gasteiger partial charge in [-0.25, -0.2) is 0 Å². The van der Waals surface area contributed by atoms with Crippen molar-refractivity contribution in [2.45, 2.75) is 24.9 Å². The first-order chi connectivity index (χ1) is 11.1. The first kappa shape index (κ1) is 17.8. The van der Waals surface area contributed by atoms with Gasteiger partial charge in [0.05, 0.1) is 25.2 Å². The molecule has 6 nitrogen and oxygen atoms in total. The molecule has 2 fully saturated rings. The molecule has 0 spiro atoms. The highest BCUT2D eigenvalue weighted by Gasteiger charge is 2.54. The molecule has 2 saturated carbocycles. The highest BCUT2D eigenvalue weighted by Crippen LogP contribution is 2.57. The van der Waals surface area contributed by atoms with Crippen molar-refractivity contribution in [1.29, 1.82) is 0 Å². The average molecular weight is 374 g/mol. The molecule has 0 saturated heterocycles. The largest absolute Gasteiger partial charge is 0.270 e. The van der Waals surface area contributed by atoms with Gasteiger partial charge in [0.2, 0.25) is 0 Å². The Balaban J connectivity index is 1.85. The number of rotatable bonds is 6. The van der Waals surface area contributed by atoms with Crippen molar-refractivity contribution in [2.75, 3.05) is 19.1 Å². The van der Waals surface area contributed by atoms with E-state index in [9.17, 15) is 16.8 Å². The lowest BCUT2D eigenvalue weighted by atomic mass is 9.75. The van der Waals surface area contributed by atoms with Crippen molar-refractivity contribution in [3.63, 3.8) is 0 Å². The maximum atomic E-state index is 11.5. The number of benzene rings is 1. The number of hydrogen-bond acceptors (Lipinski definition) is 6. The third kappa shape index (κ3) is 3.99. The molecule has 0 heterocycles. The van der Waals surface area contributed by atoms with Crippen LogP contribution in [-0.2, 0) is 28.6 Å². The molecule has 0 unspecified atom stereocenters. The van der Waals surface area contributed by atoms with Crippen LogP contribution in [0, 0.1) is 17.8 Å². The summed E-state index contributed by atoms with van der Waals surface area (Å²) in [5.74, 6) is 0.346. The van der Waals surface area contributed by atoms with Gasteiger partial charge in [-0.2, -0.15) is 16.8 Å². The Kier molecular flexibility index (Phi) is 4.76. The highest BCUT2D eigenvalue weighted by atomic mass is 32.2. The van der Waals surface area contributed by atoms with E-state index in [1.807, 2.05) is 30.3 Å². The molecule has 8 heteroatoms. The zero-order valence-electron chi connectivity index (χ0n) is 13.7. The van der Waals surface area contributed by atoms with Crippen LogP contribution < -0.4 is 0 Å². The lowest BCUT2D eigenvalue weighted by molar-refractivity contribution is 0.0737. The van der Waals surface area contributed by atoms with Crippen LogP contribution in [0.3, 0.4) is 0 Å². The van der Waals surface area contributed by atoms with E-state index in [2.05, 4.69) is 0 Å². The van der Waals surface area contributed by atoms with Crippen molar-refractivity contribution in [2.24, 2.45) is 17.8 Å². The molecule has 0 N–H and O–H groups in total. The van der Waals surface area contributed by atoms with E-state index in [4.69, 9.17) is 8.37 Å². The summed E-state index contributed by atoms with van der Waals surface area (Å²) in [4.78, 5) is 0. The SMILES string of the molecule is CS(=O)(=O)OC[C@@H]1[C@@H]2C[C@H](C[C@@H]2OS(C)(=O)=O)[C@@H]1c1ccccc1. The fourth-order valence-corrected chi connectivity index (χ4v) is 5.46. The molecule has 2 bridgehead atoms. The monoisotopic (exact) mass is 374 g/mol. The summed E-state index contributed by atoms with van der Waals surface area (Å²) >= 11 is 0. The van der Waals surface area contributed by atoms with Crippen LogP contribution in [0.1, 0.15) is 24.3 Å². The molecular weight excluding hydrogens is 352 g/mol. The van der Waals surface area contributed by atoms with Gasteiger partial charge in [0.15, 0.2) is 0 Å². The molecule has 5 atom stereocenters. The van der Waals surface area contributed by atoms with Crippen molar-refractivity contribution in [3.8, 4) is 0 Å². The molecule has 0 radical (unpaired) electrons. The maximum absolute atomic E-state index is 11.5. The quantitative estimate of drug-likeness (QED) is 0.705. The van der Waals surface area contributed by atoms with Crippen molar-refractivity contribution >= 4 is 20.2 Å². The third-order valence-corrected chi connectivity index (χ3v) is 6.23. The number of hydrogen-bond donors (Lipinski definition) is 0. The van der Waals surface area contributed by atoms with Gasteiger partial charge in [0.1, 0.15) is 0 Å². The second-order valence-corrected chi connectivity index (χ2v) is 10.1. The predicted molar refractivity (Wildman–Crippen MR) is 89.4 cm³/mol. The first-order valence-electron chi connectivity index (χ1n) is 7.91. The van der Waals surface area contributed by atoms with Gasteiger partial charge in [0, 0.05) is 0 Å². The van der Waals surface area contributed by atoms with Gasteiger partial charge in [-0.3, -0.25) is 8.37 Å². The van der Waals surface area contributed by atoms with Crippen molar-refractivity contribution in [1.82, 2.24) is 0 Å². The van der Waals surface area contributed by atoms with Crippen molar-refractivity contribution < 1.29 is 25.2 Å². The van der Waals surface area contributed by atoms with E-state index in [1.54, 1.807) is 0 Å². The molecule has 1 aromatic carbocycles. The lowest BCUT2D eigenvalue weighted by Gasteiger charge is -2.35. The Morgan fingerprint density at radius 3 is 2.25 bits per heavy atom. The zero-order valence-corrected chi connectivity index (χ0v) is 15.3. The summed E-state index contributed by atoms with van der Waals surface area (Å²) in [6.07, 6.45) is 3.19. The van der Waals surface area contributed by atoms with E-state index in [-0.39, 0.29) is 30.3 Å². The molecule has 0 aliphatic heterocycles. The standard InChI is InChI=1S/C16H22O6S2/c1-23(17,18)21-10-14-13-8-12(9-15(13)22-24(2,19)20)16(14)11-6-4-3-5-7-11/h3-7,12-16H,8-10H2,1-2H3/t12-,13+,14-,15+,16+/m1/s1. The van der Waals surface area contributed by atoms with E-state index < -0.39 is 26.3 Å². The molecule has 2 aliphatic carbocycles. The fraction of sp³-hybridized carbons (Fsp3) is 0.625. The second kappa shape index (κ2) is 6.40. The van der Waals surface area contributed by atoms with Gasteiger partial charge < -0.3 is 0 Å². The third-order valence-electron chi connectivity index (χ3n) is 5.06. The van der Waals surface area contributed by atoms with E-state index in [1.165, 1.54) is 0 Å². The molecule has 0 aromatic heterocycles. The van der Waals surface area contributed by atoms with Crippen LogP contribution in [0.25, 0.3) is 0 Å². The Morgan fingerprint density at radius 2 is 1.67 bits per heavy atom. The summed E-state index contributed by atoms with van der Waals surface area (Å²) in [6.45, 7) is 0.0587. The van der Waals surface area contributed by atoms with E-state index >= 15 is 0 Å². The summed E-state index contributed by atoms with van der Waals surface area (Å²) in [5.41, 5.74) is 1.14. The van der Waals surface area contributed by atoms with Gasteiger partial charge in [-0.1, -0.05) is 30.3 Å². The van der Waals surface area contributed by atoms with Gasteiger partial charge >= 0.3 is 0 Å². The number of fused-ring (bicyclic) bond motifs is 2. The molecule has 3 rings (SSSR count). The van der Waals surface area contributed by atoms with E-state index in [0.29, 0.717) is 6.42 Å². The Bertz CT molecular complexity index is 787. The first-order valence-corrected chi connectivity index (χ1v) is 11.5. The van der Waals surface area contributed by atoms with Crippen LogP contribution in [0.2, 0.25) is 0 Å². The topological polar surface area (TPSA) is 86.7 Å². The fourth-order valence-electron chi connectivity index (χ4n) is 4.39. The minimum absolute atomic E-state index is 0.0170. The molecular formula is C16H22O6S2. The minimum Gasteiger partial charge on any atom is -0.270 e. The molecule has 134 valence electrons. The summed E-state index contributed by atoms with van der Waals surface area (Å²) in [6, 6.07) is 9.92. The Morgan fingerprint density at radius 1 is 1.00 bits per heavy atom. The minimum atomic E-state index is -3.55.